The fourth-order valence-electron chi connectivity index (χ4n) is 2.74. The van der Waals surface area contributed by atoms with E-state index < -0.39 is 0 Å². The summed E-state index contributed by atoms with van der Waals surface area (Å²) < 4.78 is 0. The van der Waals surface area contributed by atoms with Crippen LogP contribution in [0.25, 0.3) is 0 Å². The Hall–Kier alpha value is -1.10. The van der Waals surface area contributed by atoms with E-state index in [1.165, 1.54) is 0 Å². The van der Waals surface area contributed by atoms with Gasteiger partial charge in [-0.2, -0.15) is 0 Å². The van der Waals surface area contributed by atoms with Gasteiger partial charge in [-0.05, 0) is 32.1 Å². The minimum atomic E-state index is -0.158. The summed E-state index contributed by atoms with van der Waals surface area (Å²) in [5.41, 5.74) is 5.62. The zero-order chi connectivity index (χ0) is 13.7. The van der Waals surface area contributed by atoms with Crippen LogP contribution in [0.3, 0.4) is 0 Å². The maximum Gasteiger partial charge on any atom is 0.223 e. The molecule has 0 atom stereocenters. The first-order chi connectivity index (χ1) is 9.15. The van der Waals surface area contributed by atoms with Crippen molar-refractivity contribution >= 4 is 11.8 Å². The molecule has 2 aliphatic carbocycles. The molecule has 4 N–H and O–H groups in total. The van der Waals surface area contributed by atoms with Crippen molar-refractivity contribution in [1.82, 2.24) is 10.6 Å². The molecule has 2 amide bonds. The van der Waals surface area contributed by atoms with Crippen LogP contribution in [0.1, 0.15) is 51.4 Å². The van der Waals surface area contributed by atoms with E-state index in [0.717, 1.165) is 38.5 Å². The van der Waals surface area contributed by atoms with Crippen molar-refractivity contribution in [1.29, 1.82) is 0 Å². The Balaban J connectivity index is 1.59. The van der Waals surface area contributed by atoms with Gasteiger partial charge in [0.2, 0.25) is 11.8 Å². The number of hydrogen-bond donors (Lipinski definition) is 3. The fraction of sp³-hybridized carbons (Fsp3) is 0.857. The van der Waals surface area contributed by atoms with Crippen LogP contribution in [-0.4, -0.2) is 30.4 Å². The first-order valence-electron chi connectivity index (χ1n) is 7.44. The van der Waals surface area contributed by atoms with E-state index in [0.29, 0.717) is 25.9 Å². The van der Waals surface area contributed by atoms with E-state index in [1.54, 1.807) is 0 Å². The first kappa shape index (κ1) is 14.3. The van der Waals surface area contributed by atoms with Crippen molar-refractivity contribution in [3.05, 3.63) is 0 Å². The third kappa shape index (κ3) is 4.20. The van der Waals surface area contributed by atoms with E-state index >= 15 is 0 Å². The molecule has 2 rings (SSSR count). The van der Waals surface area contributed by atoms with Gasteiger partial charge in [-0.25, -0.2) is 0 Å². The zero-order valence-electron chi connectivity index (χ0n) is 11.5. The van der Waals surface area contributed by atoms with Crippen molar-refractivity contribution < 1.29 is 9.59 Å². The highest BCUT2D eigenvalue weighted by Gasteiger charge is 2.33. The first-order valence-corrected chi connectivity index (χ1v) is 7.44. The average molecular weight is 267 g/mol. The van der Waals surface area contributed by atoms with Gasteiger partial charge < -0.3 is 16.4 Å². The molecule has 0 spiro atoms. The Labute approximate surface area is 114 Å². The van der Waals surface area contributed by atoms with Crippen molar-refractivity contribution in [2.24, 2.45) is 11.7 Å². The van der Waals surface area contributed by atoms with Gasteiger partial charge in [-0.15, -0.1) is 0 Å². The minimum absolute atomic E-state index is 0.0630. The lowest BCUT2D eigenvalue weighted by molar-refractivity contribution is -0.124. The molecule has 0 unspecified atom stereocenters. The van der Waals surface area contributed by atoms with Crippen molar-refractivity contribution in [2.45, 2.75) is 56.9 Å². The Kier molecular flexibility index (Phi) is 4.80. The van der Waals surface area contributed by atoms with E-state index in [2.05, 4.69) is 10.6 Å². The number of amides is 2. The number of hydrogen-bond acceptors (Lipinski definition) is 3. The summed E-state index contributed by atoms with van der Waals surface area (Å²) in [7, 11) is 0. The molecule has 2 fully saturated rings. The van der Waals surface area contributed by atoms with E-state index in [1.807, 2.05) is 0 Å². The Morgan fingerprint density at radius 1 is 1.21 bits per heavy atom. The molecule has 108 valence electrons. The molecular formula is C14H25N3O2. The van der Waals surface area contributed by atoms with Gasteiger partial charge in [0.05, 0.1) is 5.54 Å². The van der Waals surface area contributed by atoms with Crippen LogP contribution in [0.15, 0.2) is 0 Å². The van der Waals surface area contributed by atoms with Gasteiger partial charge in [0.15, 0.2) is 0 Å². The van der Waals surface area contributed by atoms with Gasteiger partial charge in [0, 0.05) is 25.4 Å². The van der Waals surface area contributed by atoms with Gasteiger partial charge >= 0.3 is 0 Å². The van der Waals surface area contributed by atoms with Crippen LogP contribution in [-0.2, 0) is 9.59 Å². The maximum absolute atomic E-state index is 11.9. The number of carbonyl (C=O) groups excluding carboxylic acids is 2. The predicted octanol–water partition coefficient (Wildman–Crippen LogP) is 0.680. The summed E-state index contributed by atoms with van der Waals surface area (Å²) in [6.07, 6.45) is 7.49. The molecule has 19 heavy (non-hydrogen) atoms. The lowest BCUT2D eigenvalue weighted by Gasteiger charge is -2.28. The quantitative estimate of drug-likeness (QED) is 0.593. The van der Waals surface area contributed by atoms with Crippen molar-refractivity contribution in [3.8, 4) is 0 Å². The molecule has 0 aromatic heterocycles. The monoisotopic (exact) mass is 267 g/mol. The van der Waals surface area contributed by atoms with Crippen LogP contribution in [0.5, 0.6) is 0 Å². The largest absolute Gasteiger partial charge is 0.356 e. The van der Waals surface area contributed by atoms with Gasteiger partial charge in [0.1, 0.15) is 0 Å². The third-order valence-corrected chi connectivity index (χ3v) is 4.18. The van der Waals surface area contributed by atoms with Crippen LogP contribution in [0.4, 0.5) is 0 Å². The molecule has 5 heteroatoms. The molecule has 0 bridgehead atoms. The van der Waals surface area contributed by atoms with Gasteiger partial charge in [-0.3, -0.25) is 9.59 Å². The third-order valence-electron chi connectivity index (χ3n) is 4.18. The highest BCUT2D eigenvalue weighted by molar-refractivity contribution is 5.81. The molecular weight excluding hydrogens is 242 g/mol. The lowest BCUT2D eigenvalue weighted by atomic mass is 9.97. The SMILES string of the molecule is NCC1(NC(=O)CCCNC(=O)C2CC2)CCCC1. The second kappa shape index (κ2) is 6.37. The molecule has 0 heterocycles. The number of nitrogens with one attached hydrogen (secondary N) is 2. The van der Waals surface area contributed by atoms with Crippen LogP contribution >= 0.6 is 0 Å². The summed E-state index contributed by atoms with van der Waals surface area (Å²) in [5, 5.41) is 5.96. The Bertz CT molecular complexity index is 334. The fourth-order valence-corrected chi connectivity index (χ4v) is 2.74. The number of rotatable bonds is 7. The molecule has 5 nitrogen and oxygen atoms in total. The second-order valence-electron chi connectivity index (χ2n) is 5.91. The highest BCUT2D eigenvalue weighted by Crippen LogP contribution is 2.29. The number of nitrogens with two attached hydrogens (primary N) is 1. The predicted molar refractivity (Wildman–Crippen MR) is 73.4 cm³/mol. The van der Waals surface area contributed by atoms with E-state index in [4.69, 9.17) is 5.73 Å². The molecule has 0 aromatic carbocycles. The summed E-state index contributed by atoms with van der Waals surface area (Å²) in [6.45, 7) is 1.12. The van der Waals surface area contributed by atoms with Gasteiger partial charge in [-0.1, -0.05) is 12.8 Å². The molecule has 0 aliphatic heterocycles. The lowest BCUT2D eigenvalue weighted by Crippen LogP contribution is -2.51. The van der Waals surface area contributed by atoms with Crippen molar-refractivity contribution in [3.63, 3.8) is 0 Å². The van der Waals surface area contributed by atoms with Crippen LogP contribution < -0.4 is 16.4 Å². The summed E-state index contributed by atoms with van der Waals surface area (Å²) in [6, 6.07) is 0. The summed E-state index contributed by atoms with van der Waals surface area (Å²) in [5.74, 6) is 0.454. The maximum atomic E-state index is 11.9. The van der Waals surface area contributed by atoms with E-state index in [-0.39, 0.29) is 23.3 Å². The molecule has 2 aliphatic rings. The Morgan fingerprint density at radius 2 is 1.89 bits per heavy atom. The van der Waals surface area contributed by atoms with E-state index in [9.17, 15) is 9.59 Å². The standard InChI is InChI=1S/C14H25N3O2/c15-10-14(7-1-2-8-14)17-12(18)4-3-9-16-13(19)11-5-6-11/h11H,1-10,15H2,(H,16,19)(H,17,18). The smallest absolute Gasteiger partial charge is 0.223 e. The molecule has 0 radical (unpaired) electrons. The summed E-state index contributed by atoms with van der Waals surface area (Å²) in [4.78, 5) is 23.3. The number of carbonyl (C=O) groups is 2. The zero-order valence-corrected chi connectivity index (χ0v) is 11.5. The van der Waals surface area contributed by atoms with Crippen LogP contribution in [0, 0.1) is 5.92 Å². The van der Waals surface area contributed by atoms with Gasteiger partial charge in [0.25, 0.3) is 0 Å². The topological polar surface area (TPSA) is 84.2 Å². The Morgan fingerprint density at radius 3 is 2.47 bits per heavy atom. The normalized spacial score (nSPS) is 21.1. The van der Waals surface area contributed by atoms with Crippen LogP contribution in [0.2, 0.25) is 0 Å². The summed E-state index contributed by atoms with van der Waals surface area (Å²) >= 11 is 0. The molecule has 0 saturated heterocycles. The minimum Gasteiger partial charge on any atom is -0.356 e. The molecule has 2 saturated carbocycles. The van der Waals surface area contributed by atoms with Crippen molar-refractivity contribution in [2.75, 3.05) is 13.1 Å². The molecule has 0 aromatic rings. The average Bonchev–Trinajstić information content (AvgIpc) is 3.16. The highest BCUT2D eigenvalue weighted by atomic mass is 16.2. The second-order valence-corrected chi connectivity index (χ2v) is 5.91.